The number of hydrogen-bond donors (Lipinski definition) is 1. The van der Waals surface area contributed by atoms with Crippen LogP contribution in [-0.2, 0) is 11.3 Å². The number of nitrogens with zero attached hydrogens (tertiary/aromatic N) is 1. The summed E-state index contributed by atoms with van der Waals surface area (Å²) in [5.74, 6) is 0. The van der Waals surface area contributed by atoms with E-state index in [1.54, 1.807) is 0 Å². The van der Waals surface area contributed by atoms with E-state index in [1.165, 1.54) is 0 Å². The largest absolute Gasteiger partial charge is 0.445 e. The highest BCUT2D eigenvalue weighted by molar-refractivity contribution is 5.68. The number of benzene rings is 1. The summed E-state index contributed by atoms with van der Waals surface area (Å²) < 4.78 is 5.40. The molecule has 1 aromatic carbocycles. The van der Waals surface area contributed by atoms with Gasteiger partial charge in [-0.2, -0.15) is 0 Å². The summed E-state index contributed by atoms with van der Waals surface area (Å²) in [5.41, 5.74) is 1.03. The third kappa shape index (κ3) is 3.97. The molecule has 4 nitrogen and oxygen atoms in total. The molecule has 4 heteroatoms. The molecule has 110 valence electrons. The predicted molar refractivity (Wildman–Crippen MR) is 79.5 cm³/mol. The smallest absolute Gasteiger partial charge is 0.410 e. The fraction of sp³-hybridized carbons (Fsp3) is 0.562. The van der Waals surface area contributed by atoms with Gasteiger partial charge in [0.05, 0.1) is 0 Å². The summed E-state index contributed by atoms with van der Waals surface area (Å²) in [4.78, 5) is 14.0. The van der Waals surface area contributed by atoms with E-state index in [4.69, 9.17) is 4.74 Å². The van der Waals surface area contributed by atoms with Gasteiger partial charge < -0.3 is 15.0 Å². The Labute approximate surface area is 121 Å². The summed E-state index contributed by atoms with van der Waals surface area (Å²) in [6.45, 7) is 6.94. The number of rotatable bonds is 4. The van der Waals surface area contributed by atoms with E-state index in [1.807, 2.05) is 35.2 Å². The standard InChI is InChI=1S/C16H24N2O2/c1-3-9-16(2)13-18(11-10-17-16)15(19)20-12-14-7-5-4-6-8-14/h4-8,17H,3,9-13H2,1-2H3. The van der Waals surface area contributed by atoms with Gasteiger partial charge in [0.2, 0.25) is 0 Å². The zero-order valence-corrected chi connectivity index (χ0v) is 12.4. The summed E-state index contributed by atoms with van der Waals surface area (Å²) in [5, 5.41) is 3.51. The number of carbonyl (C=O) groups excluding carboxylic acids is 1. The minimum Gasteiger partial charge on any atom is -0.445 e. The van der Waals surface area contributed by atoms with Gasteiger partial charge in [-0.3, -0.25) is 0 Å². The van der Waals surface area contributed by atoms with Crippen LogP contribution in [-0.4, -0.2) is 36.2 Å². The molecule has 1 aliphatic heterocycles. The molecular formula is C16H24N2O2. The Bertz CT molecular complexity index is 431. The van der Waals surface area contributed by atoms with E-state index in [0.29, 0.717) is 19.7 Å². The Balaban J connectivity index is 1.86. The van der Waals surface area contributed by atoms with Crippen molar-refractivity contribution < 1.29 is 9.53 Å². The molecule has 0 radical (unpaired) electrons. The Morgan fingerprint density at radius 1 is 1.40 bits per heavy atom. The second-order valence-electron chi connectivity index (χ2n) is 5.70. The average Bonchev–Trinajstić information content (AvgIpc) is 2.46. The molecule has 1 atom stereocenters. The molecule has 1 aromatic rings. The fourth-order valence-electron chi connectivity index (χ4n) is 2.73. The van der Waals surface area contributed by atoms with E-state index in [2.05, 4.69) is 19.2 Å². The number of nitrogens with one attached hydrogen (secondary N) is 1. The highest BCUT2D eigenvalue weighted by Crippen LogP contribution is 2.18. The van der Waals surface area contributed by atoms with Crippen LogP contribution >= 0.6 is 0 Å². The Morgan fingerprint density at radius 2 is 2.15 bits per heavy atom. The van der Waals surface area contributed by atoms with Crippen molar-refractivity contribution in [3.63, 3.8) is 0 Å². The van der Waals surface area contributed by atoms with Gasteiger partial charge in [-0.25, -0.2) is 4.79 Å². The summed E-state index contributed by atoms with van der Waals surface area (Å²) in [7, 11) is 0. The maximum absolute atomic E-state index is 12.1. The summed E-state index contributed by atoms with van der Waals surface area (Å²) in [6.07, 6.45) is 1.96. The van der Waals surface area contributed by atoms with Crippen molar-refractivity contribution in [1.29, 1.82) is 0 Å². The lowest BCUT2D eigenvalue weighted by Gasteiger charge is -2.41. The molecule has 1 saturated heterocycles. The van der Waals surface area contributed by atoms with Crippen LogP contribution in [0.25, 0.3) is 0 Å². The molecule has 1 fully saturated rings. The third-order valence-corrected chi connectivity index (χ3v) is 3.74. The first-order valence-electron chi connectivity index (χ1n) is 7.33. The molecular weight excluding hydrogens is 252 g/mol. The van der Waals surface area contributed by atoms with Gasteiger partial charge in [0.1, 0.15) is 6.61 Å². The van der Waals surface area contributed by atoms with E-state index in [-0.39, 0.29) is 11.6 Å². The van der Waals surface area contributed by atoms with Gasteiger partial charge in [-0.05, 0) is 18.9 Å². The topological polar surface area (TPSA) is 41.6 Å². The van der Waals surface area contributed by atoms with Crippen molar-refractivity contribution in [2.24, 2.45) is 0 Å². The average molecular weight is 276 g/mol. The van der Waals surface area contributed by atoms with Gasteiger partial charge >= 0.3 is 6.09 Å². The van der Waals surface area contributed by atoms with Crippen LogP contribution in [0.15, 0.2) is 30.3 Å². The Kier molecular flexibility index (Phi) is 5.01. The molecule has 0 aliphatic carbocycles. The normalized spacial score (nSPS) is 22.6. The van der Waals surface area contributed by atoms with Crippen molar-refractivity contribution in [1.82, 2.24) is 10.2 Å². The summed E-state index contributed by atoms with van der Waals surface area (Å²) >= 11 is 0. The van der Waals surface area contributed by atoms with E-state index in [9.17, 15) is 4.79 Å². The molecule has 0 aromatic heterocycles. The van der Waals surface area contributed by atoms with Gasteiger partial charge in [-0.15, -0.1) is 0 Å². The van der Waals surface area contributed by atoms with Crippen molar-refractivity contribution in [3.8, 4) is 0 Å². The van der Waals surface area contributed by atoms with Crippen molar-refractivity contribution in [3.05, 3.63) is 35.9 Å². The molecule has 2 rings (SSSR count). The first-order chi connectivity index (χ1) is 9.63. The van der Waals surface area contributed by atoms with Crippen molar-refractivity contribution in [2.75, 3.05) is 19.6 Å². The first-order valence-corrected chi connectivity index (χ1v) is 7.33. The second kappa shape index (κ2) is 6.75. The van der Waals surface area contributed by atoms with Crippen LogP contribution in [0.1, 0.15) is 32.3 Å². The minimum atomic E-state index is -0.210. The van der Waals surface area contributed by atoms with E-state index < -0.39 is 0 Å². The lowest BCUT2D eigenvalue weighted by atomic mass is 9.93. The van der Waals surface area contributed by atoms with Crippen LogP contribution in [0.3, 0.4) is 0 Å². The Morgan fingerprint density at radius 3 is 2.85 bits per heavy atom. The number of carbonyl (C=O) groups is 1. The molecule has 20 heavy (non-hydrogen) atoms. The maximum atomic E-state index is 12.1. The quantitative estimate of drug-likeness (QED) is 0.919. The fourth-order valence-corrected chi connectivity index (χ4v) is 2.73. The lowest BCUT2D eigenvalue weighted by Crippen LogP contribution is -2.59. The second-order valence-corrected chi connectivity index (χ2v) is 5.70. The monoisotopic (exact) mass is 276 g/mol. The Hall–Kier alpha value is -1.55. The summed E-state index contributed by atoms with van der Waals surface area (Å²) in [6, 6.07) is 9.79. The number of piperazine rings is 1. The molecule has 0 saturated carbocycles. The number of ether oxygens (including phenoxy) is 1. The van der Waals surface area contributed by atoms with Gasteiger partial charge in [0.15, 0.2) is 0 Å². The van der Waals surface area contributed by atoms with E-state index in [0.717, 1.165) is 24.9 Å². The minimum absolute atomic E-state index is 0.0127. The van der Waals surface area contributed by atoms with Crippen LogP contribution in [0.2, 0.25) is 0 Å². The zero-order valence-electron chi connectivity index (χ0n) is 12.4. The highest BCUT2D eigenvalue weighted by atomic mass is 16.6. The molecule has 1 N–H and O–H groups in total. The molecule has 0 bridgehead atoms. The molecule has 1 unspecified atom stereocenters. The van der Waals surface area contributed by atoms with Gasteiger partial charge in [-0.1, -0.05) is 43.7 Å². The lowest BCUT2D eigenvalue weighted by molar-refractivity contribution is 0.0700. The van der Waals surface area contributed by atoms with Crippen LogP contribution in [0, 0.1) is 0 Å². The molecule has 1 aliphatic rings. The van der Waals surface area contributed by atoms with Gasteiger partial charge in [0.25, 0.3) is 0 Å². The van der Waals surface area contributed by atoms with Crippen LogP contribution in [0.5, 0.6) is 0 Å². The van der Waals surface area contributed by atoms with Crippen LogP contribution < -0.4 is 5.32 Å². The van der Waals surface area contributed by atoms with Crippen molar-refractivity contribution in [2.45, 2.75) is 38.8 Å². The molecule has 1 amide bonds. The van der Waals surface area contributed by atoms with Crippen LogP contribution in [0.4, 0.5) is 4.79 Å². The number of amides is 1. The zero-order chi connectivity index (χ0) is 14.4. The maximum Gasteiger partial charge on any atom is 0.410 e. The molecule has 1 heterocycles. The van der Waals surface area contributed by atoms with Crippen molar-refractivity contribution >= 4 is 6.09 Å². The van der Waals surface area contributed by atoms with E-state index >= 15 is 0 Å². The number of hydrogen-bond acceptors (Lipinski definition) is 3. The predicted octanol–water partition coefficient (Wildman–Crippen LogP) is 2.79. The van der Waals surface area contributed by atoms with Gasteiger partial charge in [0, 0.05) is 25.2 Å². The first kappa shape index (κ1) is 14.9. The third-order valence-electron chi connectivity index (χ3n) is 3.74. The highest BCUT2D eigenvalue weighted by Gasteiger charge is 2.32. The molecule has 0 spiro atoms. The SMILES string of the molecule is CCCC1(C)CN(C(=O)OCc2ccccc2)CCN1.